The van der Waals surface area contributed by atoms with Gasteiger partial charge in [0.2, 0.25) is 0 Å². The molecule has 0 atom stereocenters. The van der Waals surface area contributed by atoms with Crippen molar-refractivity contribution in [3.8, 4) is 5.69 Å². The second-order valence-corrected chi connectivity index (χ2v) is 5.44. The molecule has 2 aromatic rings. The Labute approximate surface area is 136 Å². The lowest BCUT2D eigenvalue weighted by Crippen LogP contribution is -2.00. The summed E-state index contributed by atoms with van der Waals surface area (Å²) in [5.41, 5.74) is 5.12. The topological polar surface area (TPSA) is 55.1 Å². The molecular formula is C19H20N2O2. The molecular weight excluding hydrogens is 288 g/mol. The molecule has 0 aliphatic carbocycles. The van der Waals surface area contributed by atoms with E-state index in [1.54, 1.807) is 29.0 Å². The van der Waals surface area contributed by atoms with Gasteiger partial charge in [-0.2, -0.15) is 5.10 Å². The Morgan fingerprint density at radius 2 is 2.09 bits per heavy atom. The summed E-state index contributed by atoms with van der Waals surface area (Å²) in [4.78, 5) is 11.1. The maximum Gasteiger partial charge on any atom is 0.335 e. The van der Waals surface area contributed by atoms with Crippen LogP contribution in [0.15, 0.2) is 60.8 Å². The number of aromatic nitrogens is 2. The van der Waals surface area contributed by atoms with Crippen LogP contribution in [-0.4, -0.2) is 20.9 Å². The number of aromatic carboxylic acids is 1. The van der Waals surface area contributed by atoms with E-state index < -0.39 is 5.97 Å². The highest BCUT2D eigenvalue weighted by atomic mass is 16.4. The summed E-state index contributed by atoms with van der Waals surface area (Å²) >= 11 is 0. The number of allylic oxidation sites excluding steroid dienone is 5. The van der Waals surface area contributed by atoms with Gasteiger partial charge < -0.3 is 5.11 Å². The molecule has 2 rings (SSSR count). The molecule has 0 radical (unpaired) electrons. The van der Waals surface area contributed by atoms with E-state index >= 15 is 0 Å². The lowest BCUT2D eigenvalue weighted by molar-refractivity contribution is 0.0697. The van der Waals surface area contributed by atoms with Crippen LogP contribution in [-0.2, 0) is 0 Å². The minimum absolute atomic E-state index is 0.242. The zero-order valence-corrected chi connectivity index (χ0v) is 13.6. The van der Waals surface area contributed by atoms with Crippen LogP contribution >= 0.6 is 0 Å². The summed E-state index contributed by atoms with van der Waals surface area (Å²) in [6, 6.07) is 6.73. The van der Waals surface area contributed by atoms with Gasteiger partial charge in [0.05, 0.1) is 16.9 Å². The summed E-state index contributed by atoms with van der Waals surface area (Å²) in [6.07, 6.45) is 7.56. The van der Waals surface area contributed by atoms with Gasteiger partial charge in [-0.15, -0.1) is 0 Å². The van der Waals surface area contributed by atoms with Crippen LogP contribution in [0.1, 0.15) is 35.5 Å². The molecule has 23 heavy (non-hydrogen) atoms. The van der Waals surface area contributed by atoms with Crippen molar-refractivity contribution in [1.29, 1.82) is 0 Å². The molecule has 4 nitrogen and oxygen atoms in total. The summed E-state index contributed by atoms with van der Waals surface area (Å²) in [5.74, 6) is -0.949. The maximum absolute atomic E-state index is 11.1. The fourth-order valence-electron chi connectivity index (χ4n) is 2.33. The highest BCUT2D eigenvalue weighted by molar-refractivity contribution is 5.88. The van der Waals surface area contributed by atoms with Gasteiger partial charge in [-0.3, -0.25) is 0 Å². The van der Waals surface area contributed by atoms with Crippen molar-refractivity contribution in [2.75, 3.05) is 0 Å². The van der Waals surface area contributed by atoms with Crippen LogP contribution in [0.5, 0.6) is 0 Å². The predicted octanol–water partition coefficient (Wildman–Crippen LogP) is 4.41. The largest absolute Gasteiger partial charge is 0.478 e. The number of carbonyl (C=O) groups is 1. The third-order valence-corrected chi connectivity index (χ3v) is 3.48. The molecule has 1 aromatic carbocycles. The van der Waals surface area contributed by atoms with E-state index in [9.17, 15) is 4.79 Å². The lowest BCUT2D eigenvalue weighted by atomic mass is 10.0. The van der Waals surface area contributed by atoms with Gasteiger partial charge in [0, 0.05) is 11.8 Å². The molecule has 0 unspecified atom stereocenters. The van der Waals surface area contributed by atoms with Crippen molar-refractivity contribution < 1.29 is 9.90 Å². The number of aryl methyl sites for hydroxylation is 1. The Hall–Kier alpha value is -2.88. The molecule has 0 bridgehead atoms. The molecule has 1 N–H and O–H groups in total. The zero-order valence-electron chi connectivity index (χ0n) is 13.6. The van der Waals surface area contributed by atoms with Crippen LogP contribution in [0.4, 0.5) is 0 Å². The molecule has 0 aliphatic heterocycles. The van der Waals surface area contributed by atoms with E-state index in [2.05, 4.69) is 11.7 Å². The lowest BCUT2D eigenvalue weighted by Gasteiger charge is -2.04. The second kappa shape index (κ2) is 6.92. The van der Waals surface area contributed by atoms with Crippen molar-refractivity contribution in [2.45, 2.75) is 20.8 Å². The fraction of sp³-hybridized carbons (Fsp3) is 0.158. The molecule has 0 spiro atoms. The monoisotopic (exact) mass is 308 g/mol. The van der Waals surface area contributed by atoms with E-state index in [0.717, 1.165) is 22.5 Å². The molecule has 0 saturated carbocycles. The molecule has 1 heterocycles. The van der Waals surface area contributed by atoms with E-state index in [4.69, 9.17) is 5.11 Å². The number of rotatable bonds is 5. The SMILES string of the molecule is C=C/C=C\C(=C(C)C)c1cn(-c2cccc(C(=O)O)c2)nc1C. The average Bonchev–Trinajstić information content (AvgIpc) is 2.89. The molecule has 1 aromatic heterocycles. The minimum Gasteiger partial charge on any atom is -0.478 e. The van der Waals surface area contributed by atoms with E-state index in [-0.39, 0.29) is 5.56 Å². The smallest absolute Gasteiger partial charge is 0.335 e. The first-order valence-electron chi connectivity index (χ1n) is 7.31. The van der Waals surface area contributed by atoms with Gasteiger partial charge >= 0.3 is 5.97 Å². The van der Waals surface area contributed by atoms with Crippen molar-refractivity contribution in [1.82, 2.24) is 9.78 Å². The van der Waals surface area contributed by atoms with Crippen LogP contribution in [0, 0.1) is 6.92 Å². The Kier molecular flexibility index (Phi) is 4.96. The van der Waals surface area contributed by atoms with Gasteiger partial charge in [0.25, 0.3) is 0 Å². The van der Waals surface area contributed by atoms with Gasteiger partial charge in [-0.05, 0) is 44.5 Å². The fourth-order valence-corrected chi connectivity index (χ4v) is 2.33. The Bertz CT molecular complexity index is 807. The standard InChI is InChI=1S/C19H20N2O2/c1-5-6-10-17(13(2)3)18-12-21(20-14(18)4)16-9-7-8-15(11-16)19(22)23/h5-12H,1H2,2-4H3,(H,22,23)/b10-6-. The first kappa shape index (κ1) is 16.5. The number of hydrogen-bond donors (Lipinski definition) is 1. The molecule has 0 aliphatic rings. The highest BCUT2D eigenvalue weighted by Crippen LogP contribution is 2.24. The summed E-state index contributed by atoms with van der Waals surface area (Å²) in [5, 5.41) is 13.6. The predicted molar refractivity (Wildman–Crippen MR) is 92.9 cm³/mol. The van der Waals surface area contributed by atoms with Gasteiger partial charge in [0.15, 0.2) is 0 Å². The normalized spacial score (nSPS) is 10.7. The van der Waals surface area contributed by atoms with Crippen LogP contribution in [0.25, 0.3) is 11.3 Å². The Balaban J connectivity index is 2.51. The highest BCUT2D eigenvalue weighted by Gasteiger charge is 2.11. The first-order chi connectivity index (χ1) is 10.9. The van der Waals surface area contributed by atoms with Gasteiger partial charge in [-0.1, -0.05) is 36.4 Å². The molecule has 4 heteroatoms. The van der Waals surface area contributed by atoms with Crippen LogP contribution < -0.4 is 0 Å². The second-order valence-electron chi connectivity index (χ2n) is 5.44. The Morgan fingerprint density at radius 3 is 2.70 bits per heavy atom. The van der Waals surface area contributed by atoms with Crippen LogP contribution in [0.3, 0.4) is 0 Å². The van der Waals surface area contributed by atoms with Crippen molar-refractivity contribution >= 4 is 11.5 Å². The molecule has 0 amide bonds. The number of benzene rings is 1. The van der Waals surface area contributed by atoms with Crippen molar-refractivity contribution in [2.24, 2.45) is 0 Å². The molecule has 0 fully saturated rings. The Morgan fingerprint density at radius 1 is 1.35 bits per heavy atom. The van der Waals surface area contributed by atoms with Crippen molar-refractivity contribution in [3.05, 3.63) is 77.7 Å². The van der Waals surface area contributed by atoms with E-state index in [1.807, 2.05) is 45.2 Å². The quantitative estimate of drug-likeness (QED) is 0.832. The van der Waals surface area contributed by atoms with Gasteiger partial charge in [-0.25, -0.2) is 9.48 Å². The zero-order chi connectivity index (χ0) is 17.0. The number of hydrogen-bond acceptors (Lipinski definition) is 2. The molecule has 118 valence electrons. The maximum atomic E-state index is 11.1. The van der Waals surface area contributed by atoms with Crippen LogP contribution in [0.2, 0.25) is 0 Å². The number of nitrogens with zero attached hydrogens (tertiary/aromatic N) is 2. The first-order valence-corrected chi connectivity index (χ1v) is 7.31. The third kappa shape index (κ3) is 3.66. The van der Waals surface area contributed by atoms with Crippen molar-refractivity contribution in [3.63, 3.8) is 0 Å². The third-order valence-electron chi connectivity index (χ3n) is 3.48. The van der Waals surface area contributed by atoms with E-state index in [0.29, 0.717) is 0 Å². The molecule has 0 saturated heterocycles. The number of carboxylic acids is 1. The summed E-state index contributed by atoms with van der Waals surface area (Å²) in [6.45, 7) is 9.74. The van der Waals surface area contributed by atoms with E-state index in [1.165, 1.54) is 5.57 Å². The summed E-state index contributed by atoms with van der Waals surface area (Å²) in [7, 11) is 0. The number of carboxylic acid groups (broad SMARTS) is 1. The average molecular weight is 308 g/mol. The van der Waals surface area contributed by atoms with Gasteiger partial charge in [0.1, 0.15) is 0 Å². The summed E-state index contributed by atoms with van der Waals surface area (Å²) < 4.78 is 1.71. The minimum atomic E-state index is -0.949.